The molecule has 1 aromatic heterocycles. The third kappa shape index (κ3) is 3.08. The quantitative estimate of drug-likeness (QED) is 0.467. The molecule has 0 amide bonds. The summed E-state index contributed by atoms with van der Waals surface area (Å²) >= 11 is 0. The highest BCUT2D eigenvalue weighted by molar-refractivity contribution is 5.73. The lowest BCUT2D eigenvalue weighted by Gasteiger charge is -2.21. The summed E-state index contributed by atoms with van der Waals surface area (Å²) in [5, 5.41) is 0. The molecule has 27 heavy (non-hydrogen) atoms. The lowest BCUT2D eigenvalue weighted by molar-refractivity contribution is 0.630. The monoisotopic (exact) mass is 355 g/mol. The number of benzene rings is 3. The van der Waals surface area contributed by atoms with E-state index in [1.54, 1.807) is 18.2 Å². The van der Waals surface area contributed by atoms with E-state index in [4.69, 9.17) is 0 Å². The molecule has 0 saturated carbocycles. The summed E-state index contributed by atoms with van der Waals surface area (Å²) in [4.78, 5) is 12.8. The lowest BCUT2D eigenvalue weighted by Crippen LogP contribution is -2.16. The van der Waals surface area contributed by atoms with Gasteiger partial charge >= 0.3 is 0 Å². The van der Waals surface area contributed by atoms with Gasteiger partial charge in [0.25, 0.3) is 0 Å². The highest BCUT2D eigenvalue weighted by Gasteiger charge is 2.18. The van der Waals surface area contributed by atoms with Crippen molar-refractivity contribution in [3.05, 3.63) is 113 Å². The number of halogens is 1. The summed E-state index contributed by atoms with van der Waals surface area (Å²) in [5.41, 5.74) is 4.01. The number of hydrogen-bond donors (Lipinski definition) is 0. The topological polar surface area (TPSA) is 22.0 Å². The van der Waals surface area contributed by atoms with Crippen LogP contribution in [-0.4, -0.2) is 4.57 Å². The van der Waals surface area contributed by atoms with Crippen molar-refractivity contribution in [1.29, 1.82) is 0 Å². The molecule has 0 aliphatic rings. The third-order valence-corrected chi connectivity index (χ3v) is 4.67. The molecular weight excluding hydrogens is 337 g/mol. The Morgan fingerprint density at radius 1 is 0.778 bits per heavy atom. The number of hydrogen-bond acceptors (Lipinski definition) is 1. The Labute approximate surface area is 157 Å². The van der Waals surface area contributed by atoms with Crippen LogP contribution in [0.1, 0.15) is 5.56 Å². The van der Waals surface area contributed by atoms with Crippen molar-refractivity contribution in [3.8, 4) is 28.2 Å². The number of nitrogens with zero attached hydrogens (tertiary/aromatic N) is 1. The smallest absolute Gasteiger partial charge is 0.185 e. The van der Waals surface area contributed by atoms with Crippen molar-refractivity contribution >= 4 is 0 Å². The van der Waals surface area contributed by atoms with E-state index in [2.05, 4.69) is 0 Å². The van der Waals surface area contributed by atoms with Gasteiger partial charge in [0, 0.05) is 22.9 Å². The van der Waals surface area contributed by atoms with Gasteiger partial charge < -0.3 is 4.57 Å². The lowest BCUT2D eigenvalue weighted by atomic mass is 10.0. The average Bonchev–Trinajstić information content (AvgIpc) is 2.71. The molecule has 0 unspecified atom stereocenters. The van der Waals surface area contributed by atoms with Crippen molar-refractivity contribution in [2.24, 2.45) is 0 Å². The fraction of sp³-hybridized carbons (Fsp3) is 0.0417. The first-order valence-electron chi connectivity index (χ1n) is 8.79. The third-order valence-electron chi connectivity index (χ3n) is 4.67. The van der Waals surface area contributed by atoms with E-state index in [-0.39, 0.29) is 11.2 Å². The first-order valence-corrected chi connectivity index (χ1v) is 8.79. The van der Waals surface area contributed by atoms with E-state index in [9.17, 15) is 9.18 Å². The van der Waals surface area contributed by atoms with Crippen molar-refractivity contribution in [2.75, 3.05) is 0 Å². The summed E-state index contributed by atoms with van der Waals surface area (Å²) in [5.74, 6) is -0.357. The van der Waals surface area contributed by atoms with Gasteiger partial charge in [0.2, 0.25) is 0 Å². The van der Waals surface area contributed by atoms with Crippen LogP contribution in [0.2, 0.25) is 0 Å². The molecule has 0 radical (unpaired) electrons. The van der Waals surface area contributed by atoms with E-state index in [0.717, 1.165) is 16.9 Å². The molecule has 0 aliphatic carbocycles. The predicted octanol–water partition coefficient (Wildman–Crippen LogP) is 5.62. The molecule has 4 rings (SSSR count). The van der Waals surface area contributed by atoms with Gasteiger partial charge in [-0.1, -0.05) is 60.7 Å². The van der Waals surface area contributed by atoms with Gasteiger partial charge in [-0.05, 0) is 36.8 Å². The van der Waals surface area contributed by atoms with Gasteiger partial charge in [-0.2, -0.15) is 0 Å². The summed E-state index contributed by atoms with van der Waals surface area (Å²) in [6, 6.07) is 27.5. The molecule has 0 N–H and O–H groups in total. The molecule has 3 aromatic carbocycles. The minimum atomic E-state index is -0.357. The van der Waals surface area contributed by atoms with Crippen LogP contribution >= 0.6 is 0 Å². The molecule has 3 heteroatoms. The second-order valence-electron chi connectivity index (χ2n) is 6.38. The van der Waals surface area contributed by atoms with E-state index >= 15 is 0 Å². The zero-order valence-corrected chi connectivity index (χ0v) is 14.9. The summed E-state index contributed by atoms with van der Waals surface area (Å²) in [6.07, 6.45) is 0. The van der Waals surface area contributed by atoms with Crippen LogP contribution in [0.3, 0.4) is 0 Å². The molecule has 4 aromatic rings. The van der Waals surface area contributed by atoms with E-state index < -0.39 is 0 Å². The maximum absolute atomic E-state index is 14.6. The van der Waals surface area contributed by atoms with Crippen molar-refractivity contribution < 1.29 is 4.39 Å². The summed E-state index contributed by atoms with van der Waals surface area (Å²) in [6.45, 7) is 1.81. The minimum Gasteiger partial charge on any atom is -0.309 e. The maximum Gasteiger partial charge on any atom is 0.185 e. The van der Waals surface area contributed by atoms with Crippen LogP contribution in [0, 0.1) is 12.7 Å². The van der Waals surface area contributed by atoms with Gasteiger partial charge in [0.05, 0.1) is 11.4 Å². The van der Waals surface area contributed by atoms with E-state index in [0.29, 0.717) is 16.8 Å². The molecule has 0 spiro atoms. The molecule has 0 saturated heterocycles. The summed E-state index contributed by atoms with van der Waals surface area (Å²) in [7, 11) is 0. The van der Waals surface area contributed by atoms with Crippen molar-refractivity contribution in [2.45, 2.75) is 6.92 Å². The first kappa shape index (κ1) is 17.0. The zero-order chi connectivity index (χ0) is 18.8. The molecule has 0 bridgehead atoms. The molecule has 0 aliphatic heterocycles. The van der Waals surface area contributed by atoms with E-state index in [1.807, 2.05) is 72.2 Å². The summed E-state index contributed by atoms with van der Waals surface area (Å²) < 4.78 is 16.6. The number of pyridine rings is 1. The Bertz CT molecular complexity index is 1150. The van der Waals surface area contributed by atoms with Crippen LogP contribution in [-0.2, 0) is 0 Å². The van der Waals surface area contributed by atoms with Gasteiger partial charge in [-0.3, -0.25) is 4.79 Å². The SMILES string of the molecule is Cc1c(-c2ccccc2)n(-c2ccccc2)c(-c2ccccc2F)cc1=O. The molecule has 0 atom stereocenters. The normalized spacial score (nSPS) is 10.7. The van der Waals surface area contributed by atoms with Crippen molar-refractivity contribution in [3.63, 3.8) is 0 Å². The molecule has 0 fully saturated rings. The molecule has 132 valence electrons. The number of rotatable bonds is 3. The highest BCUT2D eigenvalue weighted by atomic mass is 19.1. The molecular formula is C24H18FNO. The fourth-order valence-corrected chi connectivity index (χ4v) is 3.36. The fourth-order valence-electron chi connectivity index (χ4n) is 3.36. The second-order valence-corrected chi connectivity index (χ2v) is 6.38. The Balaban J connectivity index is 2.16. The Morgan fingerprint density at radius 3 is 2.04 bits per heavy atom. The van der Waals surface area contributed by atoms with Crippen LogP contribution < -0.4 is 5.43 Å². The minimum absolute atomic E-state index is 0.112. The van der Waals surface area contributed by atoms with Crippen LogP contribution in [0.5, 0.6) is 0 Å². The van der Waals surface area contributed by atoms with Gasteiger partial charge in [0.15, 0.2) is 5.43 Å². The van der Waals surface area contributed by atoms with E-state index in [1.165, 1.54) is 12.1 Å². The van der Waals surface area contributed by atoms with Crippen LogP contribution in [0.4, 0.5) is 4.39 Å². The Kier molecular flexibility index (Phi) is 4.43. The largest absolute Gasteiger partial charge is 0.309 e. The number of aromatic nitrogens is 1. The van der Waals surface area contributed by atoms with Crippen LogP contribution in [0.25, 0.3) is 28.2 Å². The number of para-hydroxylation sites is 1. The standard InChI is InChI=1S/C24H18FNO/c1-17-23(27)16-22(20-14-8-9-15-21(20)25)26(19-12-6-3-7-13-19)24(17)18-10-4-2-5-11-18/h2-16H,1H3. The Morgan fingerprint density at radius 2 is 1.37 bits per heavy atom. The zero-order valence-electron chi connectivity index (χ0n) is 14.9. The van der Waals surface area contributed by atoms with Crippen molar-refractivity contribution in [1.82, 2.24) is 4.57 Å². The highest BCUT2D eigenvalue weighted by Crippen LogP contribution is 2.32. The Hall–Kier alpha value is -3.46. The van der Waals surface area contributed by atoms with Crippen LogP contribution in [0.15, 0.2) is 95.8 Å². The predicted molar refractivity (Wildman–Crippen MR) is 108 cm³/mol. The van der Waals surface area contributed by atoms with Gasteiger partial charge in [-0.25, -0.2) is 4.39 Å². The average molecular weight is 355 g/mol. The first-order chi connectivity index (χ1) is 13.2. The van der Waals surface area contributed by atoms with Gasteiger partial charge in [0.1, 0.15) is 5.82 Å². The maximum atomic E-state index is 14.6. The second kappa shape index (κ2) is 7.04. The van der Waals surface area contributed by atoms with Gasteiger partial charge in [-0.15, -0.1) is 0 Å². The molecule has 1 heterocycles. The molecule has 2 nitrogen and oxygen atoms in total.